The maximum atomic E-state index is 6.59. The van der Waals surface area contributed by atoms with E-state index in [1.54, 1.807) is 11.3 Å². The van der Waals surface area contributed by atoms with E-state index < -0.39 is 0 Å². The molecule has 1 rings (SSSR count). The molecule has 0 saturated carbocycles. The molecule has 0 N–H and O–H groups in total. The predicted octanol–water partition coefficient (Wildman–Crippen LogP) is 14.7. The van der Waals surface area contributed by atoms with Gasteiger partial charge in [0.25, 0.3) is 0 Å². The minimum absolute atomic E-state index is 0.635. The van der Waals surface area contributed by atoms with Crippen molar-refractivity contribution < 1.29 is 9.47 Å². The Hall–Kier alpha value is 0.260. The summed E-state index contributed by atoms with van der Waals surface area (Å²) in [5.41, 5.74) is 0. The summed E-state index contributed by atoms with van der Waals surface area (Å²) in [5, 5.41) is 0. The minimum atomic E-state index is 0.635. The van der Waals surface area contributed by atoms with Gasteiger partial charge in [-0.3, -0.25) is 0 Å². The molecule has 1 aromatic rings. The van der Waals surface area contributed by atoms with Crippen LogP contribution >= 0.6 is 43.2 Å². The molecule has 1 heterocycles. The molecule has 0 bridgehead atoms. The van der Waals surface area contributed by atoms with Crippen LogP contribution in [0.15, 0.2) is 7.57 Å². The second kappa shape index (κ2) is 27.8. The second-order valence-corrected chi connectivity index (χ2v) is 16.1. The summed E-state index contributed by atoms with van der Waals surface area (Å²) < 4.78 is 15.3. The molecule has 2 nitrogen and oxygen atoms in total. The summed E-state index contributed by atoms with van der Waals surface area (Å²) in [7, 11) is 0. The van der Waals surface area contributed by atoms with Gasteiger partial charge in [-0.05, 0) is 69.4 Å². The van der Waals surface area contributed by atoms with Crippen molar-refractivity contribution in [3.63, 3.8) is 0 Å². The van der Waals surface area contributed by atoms with Crippen molar-refractivity contribution in [1.82, 2.24) is 0 Å². The molecule has 0 aliphatic heterocycles. The van der Waals surface area contributed by atoms with Gasteiger partial charge in [-0.15, -0.1) is 11.3 Å². The van der Waals surface area contributed by atoms with Crippen molar-refractivity contribution in [2.75, 3.05) is 13.2 Å². The Bertz CT molecular complexity index is 651. The zero-order valence-corrected chi connectivity index (χ0v) is 31.5. The fourth-order valence-electron chi connectivity index (χ4n) is 5.77. The van der Waals surface area contributed by atoms with E-state index >= 15 is 0 Å². The third-order valence-corrected chi connectivity index (χ3v) is 11.0. The number of ether oxygens (including phenoxy) is 2. The highest BCUT2D eigenvalue weighted by Gasteiger charge is 2.22. The standard InChI is InChI=1S/C36H66Br2O2S/c1-5-9-13-17-19-23-27-31(25-21-15-11-7-3)29-39-33-34(36(38)41-35(33)37)40-30-32(26-22-16-12-8-4)28-24-20-18-14-10-6-2/h31-32H,5-30H2,1-4H3. The van der Waals surface area contributed by atoms with Gasteiger partial charge in [0.1, 0.15) is 7.57 Å². The first-order valence-electron chi connectivity index (χ1n) is 17.8. The van der Waals surface area contributed by atoms with Gasteiger partial charge in [-0.1, -0.05) is 156 Å². The van der Waals surface area contributed by atoms with Crippen LogP contribution in [0, 0.1) is 11.8 Å². The van der Waals surface area contributed by atoms with E-state index in [0.29, 0.717) is 11.8 Å². The van der Waals surface area contributed by atoms with Crippen LogP contribution in [0.25, 0.3) is 0 Å². The summed E-state index contributed by atoms with van der Waals surface area (Å²) in [6.45, 7) is 10.8. The Balaban J connectivity index is 2.71. The molecule has 0 radical (unpaired) electrons. The highest BCUT2D eigenvalue weighted by Crippen LogP contribution is 2.49. The molecule has 5 heteroatoms. The average molecular weight is 723 g/mol. The van der Waals surface area contributed by atoms with E-state index in [1.807, 2.05) is 0 Å². The molecule has 2 atom stereocenters. The highest BCUT2D eigenvalue weighted by molar-refractivity contribution is 9.12. The summed E-state index contributed by atoms with van der Waals surface area (Å²) >= 11 is 9.29. The lowest BCUT2D eigenvalue weighted by atomic mass is 9.95. The lowest BCUT2D eigenvalue weighted by molar-refractivity contribution is 0.192. The van der Waals surface area contributed by atoms with Gasteiger partial charge in [-0.2, -0.15) is 0 Å². The lowest BCUT2D eigenvalue weighted by Crippen LogP contribution is -2.15. The Morgan fingerprint density at radius 1 is 0.439 bits per heavy atom. The van der Waals surface area contributed by atoms with Gasteiger partial charge in [0.05, 0.1) is 13.2 Å². The molecular formula is C36H66Br2O2S. The van der Waals surface area contributed by atoms with Crippen LogP contribution in [0.3, 0.4) is 0 Å². The normalized spacial score (nSPS) is 13.0. The molecule has 0 aliphatic rings. The first-order valence-corrected chi connectivity index (χ1v) is 20.2. The average Bonchev–Trinajstić information content (AvgIpc) is 3.24. The van der Waals surface area contributed by atoms with Crippen molar-refractivity contribution >= 4 is 43.2 Å². The molecule has 0 spiro atoms. The quantitative estimate of drug-likeness (QED) is 0.0736. The van der Waals surface area contributed by atoms with E-state index in [-0.39, 0.29) is 0 Å². The van der Waals surface area contributed by atoms with Crippen LogP contribution in [-0.2, 0) is 0 Å². The van der Waals surface area contributed by atoms with E-state index in [9.17, 15) is 0 Å². The van der Waals surface area contributed by atoms with Crippen molar-refractivity contribution in [3.05, 3.63) is 7.57 Å². The molecule has 0 aromatic carbocycles. The molecule has 0 aliphatic carbocycles. The maximum absolute atomic E-state index is 6.59. The molecular weight excluding hydrogens is 656 g/mol. The number of thiophene rings is 1. The molecule has 41 heavy (non-hydrogen) atoms. The SMILES string of the molecule is CCCCCCCCC(CCCCCC)COc1c(Br)sc(Br)c1OCC(CCCCCC)CCCCCCCC. The van der Waals surface area contributed by atoms with Gasteiger partial charge in [-0.25, -0.2) is 0 Å². The minimum Gasteiger partial charge on any atom is -0.487 e. The fourth-order valence-corrected chi connectivity index (χ4v) is 8.62. The smallest absolute Gasteiger partial charge is 0.187 e. The van der Waals surface area contributed by atoms with E-state index in [2.05, 4.69) is 59.6 Å². The molecule has 2 unspecified atom stereocenters. The second-order valence-electron chi connectivity index (χ2n) is 12.5. The van der Waals surface area contributed by atoms with Crippen molar-refractivity contribution in [3.8, 4) is 11.5 Å². The molecule has 242 valence electrons. The third-order valence-electron chi connectivity index (χ3n) is 8.53. The van der Waals surface area contributed by atoms with Gasteiger partial charge in [0, 0.05) is 0 Å². The van der Waals surface area contributed by atoms with Crippen LogP contribution < -0.4 is 9.47 Å². The summed E-state index contributed by atoms with van der Waals surface area (Å²) in [6, 6.07) is 0. The molecule has 0 amide bonds. The van der Waals surface area contributed by atoms with Crippen molar-refractivity contribution in [2.45, 2.75) is 182 Å². The number of rotatable bonds is 30. The lowest BCUT2D eigenvalue weighted by Gasteiger charge is -2.20. The Kier molecular flexibility index (Phi) is 26.6. The fraction of sp³-hybridized carbons (Fsp3) is 0.889. The highest BCUT2D eigenvalue weighted by atomic mass is 79.9. The van der Waals surface area contributed by atoms with E-state index in [4.69, 9.17) is 9.47 Å². The van der Waals surface area contributed by atoms with E-state index in [1.165, 1.54) is 154 Å². The van der Waals surface area contributed by atoms with Gasteiger partial charge >= 0.3 is 0 Å². The van der Waals surface area contributed by atoms with Crippen LogP contribution in [0.1, 0.15) is 182 Å². The van der Waals surface area contributed by atoms with Crippen molar-refractivity contribution in [1.29, 1.82) is 0 Å². The monoisotopic (exact) mass is 720 g/mol. The van der Waals surface area contributed by atoms with Crippen molar-refractivity contribution in [2.24, 2.45) is 11.8 Å². The Morgan fingerprint density at radius 2 is 0.707 bits per heavy atom. The molecule has 1 aromatic heterocycles. The zero-order valence-electron chi connectivity index (χ0n) is 27.5. The van der Waals surface area contributed by atoms with Crippen LogP contribution in [0.5, 0.6) is 11.5 Å². The number of hydrogen-bond donors (Lipinski definition) is 0. The first kappa shape index (κ1) is 39.3. The van der Waals surface area contributed by atoms with E-state index in [0.717, 1.165) is 32.3 Å². The Labute approximate surface area is 277 Å². The zero-order chi connectivity index (χ0) is 30.0. The van der Waals surface area contributed by atoms with Crippen LogP contribution in [0.2, 0.25) is 0 Å². The van der Waals surface area contributed by atoms with Gasteiger partial charge < -0.3 is 9.47 Å². The predicted molar refractivity (Wildman–Crippen MR) is 191 cm³/mol. The third kappa shape index (κ3) is 20.0. The number of halogens is 2. The van der Waals surface area contributed by atoms with Crippen LogP contribution in [0.4, 0.5) is 0 Å². The first-order chi connectivity index (χ1) is 20.1. The summed E-state index contributed by atoms with van der Waals surface area (Å²) in [5.74, 6) is 3.12. The number of unbranched alkanes of at least 4 members (excludes halogenated alkanes) is 16. The maximum Gasteiger partial charge on any atom is 0.187 e. The Morgan fingerprint density at radius 3 is 1.02 bits per heavy atom. The number of hydrogen-bond acceptors (Lipinski definition) is 3. The largest absolute Gasteiger partial charge is 0.487 e. The van der Waals surface area contributed by atoms with Gasteiger partial charge in [0.15, 0.2) is 11.5 Å². The van der Waals surface area contributed by atoms with Gasteiger partial charge in [0.2, 0.25) is 0 Å². The molecule has 0 saturated heterocycles. The summed E-state index contributed by atoms with van der Waals surface area (Å²) in [6.07, 6.45) is 32.2. The topological polar surface area (TPSA) is 18.5 Å². The summed E-state index contributed by atoms with van der Waals surface area (Å²) in [4.78, 5) is 0. The molecule has 0 fully saturated rings. The van der Waals surface area contributed by atoms with Crippen LogP contribution in [-0.4, -0.2) is 13.2 Å².